The van der Waals surface area contributed by atoms with E-state index in [4.69, 9.17) is 16.3 Å². The molecule has 1 aromatic heterocycles. The minimum atomic E-state index is 0.333. The van der Waals surface area contributed by atoms with Crippen molar-refractivity contribution in [1.82, 2.24) is 15.3 Å². The van der Waals surface area contributed by atoms with E-state index in [9.17, 15) is 0 Å². The fraction of sp³-hybridized carbons (Fsp3) is 0.636. The van der Waals surface area contributed by atoms with E-state index in [1.165, 1.54) is 5.56 Å². The van der Waals surface area contributed by atoms with Crippen LogP contribution in [0.3, 0.4) is 0 Å². The second-order valence-corrected chi connectivity index (χ2v) is 4.80. The Kier molecular flexibility index (Phi) is 2.90. The lowest BCUT2D eigenvalue weighted by molar-refractivity contribution is 0.0984. The van der Waals surface area contributed by atoms with Gasteiger partial charge in [0.25, 0.3) is 0 Å². The maximum Gasteiger partial charge on any atom is 0.224 e. The van der Waals surface area contributed by atoms with Crippen LogP contribution in [0.5, 0.6) is 0 Å². The van der Waals surface area contributed by atoms with Crippen molar-refractivity contribution >= 4 is 17.4 Å². The summed E-state index contributed by atoms with van der Waals surface area (Å²) in [5.41, 5.74) is 2.21. The van der Waals surface area contributed by atoms with Crippen molar-refractivity contribution in [3.63, 3.8) is 0 Å². The molecule has 0 radical (unpaired) electrons. The van der Waals surface area contributed by atoms with Gasteiger partial charge in [-0.25, -0.2) is 9.97 Å². The highest BCUT2D eigenvalue weighted by Crippen LogP contribution is 2.28. The summed E-state index contributed by atoms with van der Waals surface area (Å²) in [7, 11) is 0. The number of aromatic nitrogens is 2. The van der Waals surface area contributed by atoms with Crippen LogP contribution in [0, 0.1) is 0 Å². The lowest BCUT2D eigenvalue weighted by Gasteiger charge is -2.35. The van der Waals surface area contributed by atoms with E-state index in [0.29, 0.717) is 11.3 Å². The Labute approximate surface area is 105 Å². The maximum absolute atomic E-state index is 5.99. The molecule has 0 amide bonds. The Morgan fingerprint density at radius 2 is 2.29 bits per heavy atom. The molecule has 3 rings (SSSR count). The van der Waals surface area contributed by atoms with Crippen LogP contribution in [0.25, 0.3) is 0 Å². The average Bonchev–Trinajstić information content (AvgIpc) is 2.76. The van der Waals surface area contributed by atoms with Gasteiger partial charge in [0.15, 0.2) is 0 Å². The topological polar surface area (TPSA) is 50.3 Å². The van der Waals surface area contributed by atoms with Gasteiger partial charge in [-0.15, -0.1) is 0 Å². The number of nitrogens with zero attached hydrogens (tertiary/aromatic N) is 3. The summed E-state index contributed by atoms with van der Waals surface area (Å²) >= 11 is 5.99. The van der Waals surface area contributed by atoms with Crippen molar-refractivity contribution in [2.75, 3.05) is 24.7 Å². The number of ether oxygens (including phenoxy) is 1. The number of halogens is 1. The summed E-state index contributed by atoms with van der Waals surface area (Å²) in [6.45, 7) is 6.10. The second kappa shape index (κ2) is 4.40. The molecule has 1 aromatic rings. The molecular weight excluding hydrogens is 240 g/mol. The molecule has 1 N–H and O–H groups in total. The van der Waals surface area contributed by atoms with E-state index in [1.807, 2.05) is 0 Å². The van der Waals surface area contributed by atoms with E-state index >= 15 is 0 Å². The van der Waals surface area contributed by atoms with Crippen LogP contribution >= 0.6 is 11.6 Å². The van der Waals surface area contributed by atoms with Gasteiger partial charge >= 0.3 is 0 Å². The Morgan fingerprint density at radius 3 is 3.12 bits per heavy atom. The number of hydrogen-bond donors (Lipinski definition) is 1. The summed E-state index contributed by atoms with van der Waals surface area (Å²) < 4.78 is 5.45. The van der Waals surface area contributed by atoms with Gasteiger partial charge in [0.2, 0.25) is 5.28 Å². The fourth-order valence-corrected chi connectivity index (χ4v) is 2.58. The predicted molar refractivity (Wildman–Crippen MR) is 65.2 cm³/mol. The summed E-state index contributed by atoms with van der Waals surface area (Å²) in [6.07, 6.45) is 0. The molecule has 0 spiro atoms. The van der Waals surface area contributed by atoms with E-state index in [1.54, 1.807) is 0 Å². The van der Waals surface area contributed by atoms with Crippen molar-refractivity contribution in [3.8, 4) is 0 Å². The predicted octanol–water partition coefficient (Wildman–Crippen LogP) is 0.958. The van der Waals surface area contributed by atoms with Gasteiger partial charge in [-0.3, -0.25) is 0 Å². The molecule has 0 aliphatic carbocycles. The lowest BCUT2D eigenvalue weighted by atomic mass is 10.2. The molecule has 0 aromatic carbocycles. The summed E-state index contributed by atoms with van der Waals surface area (Å²) in [4.78, 5) is 10.9. The largest absolute Gasteiger partial charge is 0.377 e. The minimum absolute atomic E-state index is 0.333. The van der Waals surface area contributed by atoms with Crippen LogP contribution in [0.15, 0.2) is 0 Å². The number of nitrogens with one attached hydrogen (secondary N) is 1. The van der Waals surface area contributed by atoms with Gasteiger partial charge in [-0.1, -0.05) is 0 Å². The Bertz CT molecular complexity index is 440. The standard InChI is InChI=1S/C11H15ClN4O/c1-7-6-17-3-2-16(7)10-8-4-13-5-9(8)14-11(12)15-10/h7,13H,2-6H2,1H3/t7-/m0/s1. The highest BCUT2D eigenvalue weighted by Gasteiger charge is 2.27. The zero-order valence-electron chi connectivity index (χ0n) is 9.74. The molecule has 5 nitrogen and oxygen atoms in total. The highest BCUT2D eigenvalue weighted by atomic mass is 35.5. The molecule has 3 heterocycles. The third-order valence-corrected chi connectivity index (χ3v) is 3.45. The monoisotopic (exact) mass is 254 g/mol. The molecule has 92 valence electrons. The van der Waals surface area contributed by atoms with E-state index in [0.717, 1.165) is 44.4 Å². The number of morpholine rings is 1. The number of fused-ring (bicyclic) bond motifs is 1. The first-order valence-electron chi connectivity index (χ1n) is 5.86. The third-order valence-electron chi connectivity index (χ3n) is 3.28. The highest BCUT2D eigenvalue weighted by molar-refractivity contribution is 6.28. The van der Waals surface area contributed by atoms with Gasteiger partial charge in [-0.05, 0) is 18.5 Å². The second-order valence-electron chi connectivity index (χ2n) is 4.46. The van der Waals surface area contributed by atoms with Crippen molar-refractivity contribution in [2.24, 2.45) is 0 Å². The van der Waals surface area contributed by atoms with E-state index in [-0.39, 0.29) is 0 Å². The molecular formula is C11H15ClN4O. The first kappa shape index (κ1) is 11.2. The molecule has 1 fully saturated rings. The molecule has 2 aliphatic heterocycles. The van der Waals surface area contributed by atoms with Gasteiger partial charge < -0.3 is 15.0 Å². The van der Waals surface area contributed by atoms with Crippen LogP contribution in [0.1, 0.15) is 18.2 Å². The van der Waals surface area contributed by atoms with Crippen LogP contribution < -0.4 is 10.2 Å². The summed E-state index contributed by atoms with van der Waals surface area (Å²) in [5.74, 6) is 0.973. The third kappa shape index (κ3) is 1.99. The Morgan fingerprint density at radius 1 is 1.41 bits per heavy atom. The molecule has 0 bridgehead atoms. The van der Waals surface area contributed by atoms with Crippen molar-refractivity contribution in [1.29, 1.82) is 0 Å². The van der Waals surface area contributed by atoms with Gasteiger partial charge in [-0.2, -0.15) is 0 Å². The average molecular weight is 255 g/mol. The van der Waals surface area contributed by atoms with Crippen LogP contribution in [-0.4, -0.2) is 35.8 Å². The zero-order valence-corrected chi connectivity index (χ0v) is 10.5. The molecule has 1 atom stereocenters. The molecule has 0 unspecified atom stereocenters. The van der Waals surface area contributed by atoms with Crippen LogP contribution in [-0.2, 0) is 17.8 Å². The maximum atomic E-state index is 5.99. The van der Waals surface area contributed by atoms with Crippen LogP contribution in [0.4, 0.5) is 5.82 Å². The lowest BCUT2D eigenvalue weighted by Crippen LogP contribution is -2.44. The molecule has 6 heteroatoms. The first-order chi connectivity index (χ1) is 8.25. The number of hydrogen-bond acceptors (Lipinski definition) is 5. The first-order valence-corrected chi connectivity index (χ1v) is 6.24. The normalized spacial score (nSPS) is 23.9. The van der Waals surface area contributed by atoms with Crippen molar-refractivity contribution in [2.45, 2.75) is 26.1 Å². The Hall–Kier alpha value is -0.910. The van der Waals surface area contributed by atoms with Gasteiger partial charge in [0, 0.05) is 25.2 Å². The smallest absolute Gasteiger partial charge is 0.224 e. The van der Waals surface area contributed by atoms with Crippen molar-refractivity contribution in [3.05, 3.63) is 16.5 Å². The van der Waals surface area contributed by atoms with E-state index < -0.39 is 0 Å². The quantitative estimate of drug-likeness (QED) is 0.757. The SMILES string of the molecule is C[C@H]1COCCN1c1nc(Cl)nc2c1CNC2. The van der Waals surface area contributed by atoms with Gasteiger partial charge in [0.05, 0.1) is 24.9 Å². The molecule has 1 saturated heterocycles. The number of anilines is 1. The van der Waals surface area contributed by atoms with Gasteiger partial charge in [0.1, 0.15) is 5.82 Å². The summed E-state index contributed by atoms with van der Waals surface area (Å²) in [5, 5.41) is 3.62. The Balaban J connectivity index is 2.01. The molecule has 2 aliphatic rings. The van der Waals surface area contributed by atoms with Crippen LogP contribution in [0.2, 0.25) is 5.28 Å². The molecule has 0 saturated carbocycles. The molecule has 17 heavy (non-hydrogen) atoms. The minimum Gasteiger partial charge on any atom is -0.377 e. The van der Waals surface area contributed by atoms with E-state index in [2.05, 4.69) is 27.1 Å². The zero-order chi connectivity index (χ0) is 11.8. The fourth-order valence-electron chi connectivity index (χ4n) is 2.40. The number of rotatable bonds is 1. The summed E-state index contributed by atoms with van der Waals surface area (Å²) in [6, 6.07) is 0.333. The van der Waals surface area contributed by atoms with Crippen molar-refractivity contribution < 1.29 is 4.74 Å².